The molecule has 0 spiro atoms. The van der Waals surface area contributed by atoms with E-state index in [1.165, 1.54) is 18.3 Å². The molecule has 0 aliphatic rings. The first-order chi connectivity index (χ1) is 8.45. The molecule has 2 aromatic rings. The standard InChI is InChI=1S/C10H11N5O2S/c11-10-13-5-4-9(15-10)14-7-2-1-3-8(6-7)18(12,16)17/h1-6H,(H2,12,16,17)(H3,11,13,14,15). The van der Waals surface area contributed by atoms with Crippen LogP contribution in [-0.2, 0) is 10.0 Å². The smallest absolute Gasteiger partial charge is 0.238 e. The van der Waals surface area contributed by atoms with Crippen LogP contribution in [-0.4, -0.2) is 18.4 Å². The Morgan fingerprint density at radius 2 is 2.00 bits per heavy atom. The molecular formula is C10H11N5O2S. The van der Waals surface area contributed by atoms with Crippen LogP contribution in [0.2, 0.25) is 0 Å². The zero-order valence-electron chi connectivity index (χ0n) is 9.24. The van der Waals surface area contributed by atoms with Crippen molar-refractivity contribution >= 4 is 27.5 Å². The molecule has 1 aromatic heterocycles. The van der Waals surface area contributed by atoms with E-state index in [1.807, 2.05) is 0 Å². The third kappa shape index (κ3) is 2.93. The van der Waals surface area contributed by atoms with E-state index in [0.717, 1.165) is 0 Å². The molecule has 0 aliphatic carbocycles. The largest absolute Gasteiger partial charge is 0.368 e. The Morgan fingerprint density at radius 3 is 2.67 bits per heavy atom. The van der Waals surface area contributed by atoms with Crippen molar-refractivity contribution in [3.05, 3.63) is 36.5 Å². The molecule has 0 radical (unpaired) electrons. The minimum absolute atomic E-state index is 0.0227. The van der Waals surface area contributed by atoms with Gasteiger partial charge in [-0.25, -0.2) is 18.5 Å². The third-order valence-corrected chi connectivity index (χ3v) is 3.02. The fourth-order valence-electron chi connectivity index (χ4n) is 1.34. The second-order valence-electron chi connectivity index (χ2n) is 3.50. The van der Waals surface area contributed by atoms with E-state index >= 15 is 0 Å². The molecule has 0 unspecified atom stereocenters. The molecule has 0 aliphatic heterocycles. The van der Waals surface area contributed by atoms with Crippen LogP contribution in [0.25, 0.3) is 0 Å². The van der Waals surface area contributed by atoms with Crippen molar-refractivity contribution in [1.29, 1.82) is 0 Å². The maximum absolute atomic E-state index is 11.2. The molecule has 18 heavy (non-hydrogen) atoms. The summed E-state index contributed by atoms with van der Waals surface area (Å²) in [5.74, 6) is 0.594. The molecule has 0 bridgehead atoms. The molecule has 7 nitrogen and oxygen atoms in total. The molecule has 1 heterocycles. The average Bonchev–Trinajstić information content (AvgIpc) is 2.28. The summed E-state index contributed by atoms with van der Waals surface area (Å²) in [5.41, 5.74) is 5.97. The van der Waals surface area contributed by atoms with Crippen LogP contribution in [0.4, 0.5) is 17.5 Å². The zero-order chi connectivity index (χ0) is 13.2. The van der Waals surface area contributed by atoms with E-state index in [-0.39, 0.29) is 10.8 Å². The number of nitrogens with one attached hydrogen (secondary N) is 1. The van der Waals surface area contributed by atoms with Gasteiger partial charge in [-0.05, 0) is 24.3 Å². The fraction of sp³-hybridized carbons (Fsp3) is 0. The first-order valence-corrected chi connectivity index (χ1v) is 6.48. The summed E-state index contributed by atoms with van der Waals surface area (Å²) in [5, 5.41) is 7.95. The summed E-state index contributed by atoms with van der Waals surface area (Å²) in [6.45, 7) is 0. The highest BCUT2D eigenvalue weighted by atomic mass is 32.2. The predicted molar refractivity (Wildman–Crippen MR) is 67.5 cm³/mol. The zero-order valence-corrected chi connectivity index (χ0v) is 10.1. The third-order valence-electron chi connectivity index (χ3n) is 2.11. The Labute approximate surface area is 104 Å². The van der Waals surface area contributed by atoms with Crippen LogP contribution >= 0.6 is 0 Å². The van der Waals surface area contributed by atoms with Crippen LogP contribution in [0.15, 0.2) is 41.4 Å². The van der Waals surface area contributed by atoms with Crippen molar-refractivity contribution in [1.82, 2.24) is 9.97 Å². The van der Waals surface area contributed by atoms with Crippen LogP contribution in [0.1, 0.15) is 0 Å². The molecule has 0 fully saturated rings. The maximum atomic E-state index is 11.2. The van der Waals surface area contributed by atoms with Gasteiger partial charge in [0.1, 0.15) is 5.82 Å². The van der Waals surface area contributed by atoms with E-state index < -0.39 is 10.0 Å². The van der Waals surface area contributed by atoms with Crippen molar-refractivity contribution < 1.29 is 8.42 Å². The number of nitrogens with two attached hydrogens (primary N) is 2. The number of sulfonamides is 1. The molecule has 0 saturated carbocycles. The molecule has 5 N–H and O–H groups in total. The van der Waals surface area contributed by atoms with Crippen molar-refractivity contribution in [3.8, 4) is 0 Å². The number of hydrogen-bond acceptors (Lipinski definition) is 6. The van der Waals surface area contributed by atoms with Crippen molar-refractivity contribution in [2.24, 2.45) is 5.14 Å². The van der Waals surface area contributed by atoms with Crippen molar-refractivity contribution in [2.45, 2.75) is 4.90 Å². The minimum atomic E-state index is -3.72. The monoisotopic (exact) mass is 265 g/mol. The number of primary sulfonamides is 1. The summed E-state index contributed by atoms with van der Waals surface area (Å²) >= 11 is 0. The minimum Gasteiger partial charge on any atom is -0.368 e. The fourth-order valence-corrected chi connectivity index (χ4v) is 1.90. The van der Waals surface area contributed by atoms with Crippen molar-refractivity contribution in [3.63, 3.8) is 0 Å². The Bertz CT molecular complexity index is 671. The lowest BCUT2D eigenvalue weighted by Crippen LogP contribution is -2.12. The topological polar surface area (TPSA) is 124 Å². The van der Waals surface area contributed by atoms with E-state index in [2.05, 4.69) is 15.3 Å². The van der Waals surface area contributed by atoms with E-state index in [0.29, 0.717) is 11.5 Å². The number of benzene rings is 1. The molecular weight excluding hydrogens is 254 g/mol. The Kier molecular flexibility index (Phi) is 3.13. The number of rotatable bonds is 3. The van der Waals surface area contributed by atoms with Crippen molar-refractivity contribution in [2.75, 3.05) is 11.1 Å². The highest BCUT2D eigenvalue weighted by molar-refractivity contribution is 7.89. The molecule has 0 amide bonds. The van der Waals surface area contributed by atoms with Gasteiger partial charge in [-0.15, -0.1) is 0 Å². The number of aromatic nitrogens is 2. The second kappa shape index (κ2) is 4.59. The Morgan fingerprint density at radius 1 is 1.22 bits per heavy atom. The van der Waals surface area contributed by atoms with Gasteiger partial charge in [0.2, 0.25) is 16.0 Å². The lowest BCUT2D eigenvalue weighted by Gasteiger charge is -2.06. The van der Waals surface area contributed by atoms with Crippen LogP contribution in [0.3, 0.4) is 0 Å². The van der Waals surface area contributed by atoms with Gasteiger partial charge in [-0.2, -0.15) is 4.98 Å². The summed E-state index contributed by atoms with van der Waals surface area (Å²) in [7, 11) is -3.72. The van der Waals surface area contributed by atoms with Gasteiger partial charge in [0.05, 0.1) is 4.90 Å². The predicted octanol–water partition coefficient (Wildman–Crippen LogP) is 0.450. The molecule has 0 saturated heterocycles. The van der Waals surface area contributed by atoms with Gasteiger partial charge in [-0.3, -0.25) is 0 Å². The average molecular weight is 265 g/mol. The summed E-state index contributed by atoms with van der Waals surface area (Å²) in [6.07, 6.45) is 1.49. The highest BCUT2D eigenvalue weighted by Crippen LogP contribution is 2.18. The Balaban J connectivity index is 2.30. The molecule has 94 valence electrons. The maximum Gasteiger partial charge on any atom is 0.238 e. The van der Waals surface area contributed by atoms with Crippen LogP contribution < -0.4 is 16.2 Å². The molecule has 2 rings (SSSR count). The number of anilines is 3. The van der Waals surface area contributed by atoms with Gasteiger partial charge < -0.3 is 11.1 Å². The SMILES string of the molecule is Nc1nccc(Nc2cccc(S(N)(=O)=O)c2)n1. The quantitative estimate of drug-likeness (QED) is 0.740. The van der Waals surface area contributed by atoms with E-state index in [1.54, 1.807) is 18.2 Å². The summed E-state index contributed by atoms with van der Waals surface area (Å²) in [6, 6.07) is 7.70. The number of nitrogen functional groups attached to an aromatic ring is 1. The van der Waals surface area contributed by atoms with Gasteiger partial charge in [0, 0.05) is 11.9 Å². The normalized spacial score (nSPS) is 11.2. The van der Waals surface area contributed by atoms with Gasteiger partial charge in [0.15, 0.2) is 0 Å². The van der Waals surface area contributed by atoms with Crippen LogP contribution in [0, 0.1) is 0 Å². The van der Waals surface area contributed by atoms with Gasteiger partial charge >= 0.3 is 0 Å². The van der Waals surface area contributed by atoms with Gasteiger partial charge in [0.25, 0.3) is 0 Å². The number of hydrogen-bond donors (Lipinski definition) is 3. The second-order valence-corrected chi connectivity index (χ2v) is 5.06. The first kappa shape index (κ1) is 12.3. The molecule has 1 aromatic carbocycles. The number of nitrogens with zero attached hydrogens (tertiary/aromatic N) is 2. The summed E-state index contributed by atoms with van der Waals surface area (Å²) in [4.78, 5) is 7.71. The highest BCUT2D eigenvalue weighted by Gasteiger charge is 2.08. The first-order valence-electron chi connectivity index (χ1n) is 4.93. The molecule has 0 atom stereocenters. The lowest BCUT2D eigenvalue weighted by atomic mass is 10.3. The molecule has 8 heteroatoms. The van der Waals surface area contributed by atoms with Gasteiger partial charge in [-0.1, -0.05) is 6.07 Å². The summed E-state index contributed by atoms with van der Waals surface area (Å²) < 4.78 is 22.4. The van der Waals surface area contributed by atoms with E-state index in [4.69, 9.17) is 10.9 Å². The lowest BCUT2D eigenvalue weighted by molar-refractivity contribution is 0.598. The van der Waals surface area contributed by atoms with Crippen LogP contribution in [0.5, 0.6) is 0 Å². The Hall–Kier alpha value is -2.19. The van der Waals surface area contributed by atoms with E-state index in [9.17, 15) is 8.42 Å².